The molecule has 31 heavy (non-hydrogen) atoms. The van der Waals surface area contributed by atoms with Gasteiger partial charge in [0.2, 0.25) is 0 Å². The average molecular weight is 422 g/mol. The maximum Gasteiger partial charge on any atom is 0.270 e. The lowest BCUT2D eigenvalue weighted by molar-refractivity contribution is -0.384. The molecule has 4 rings (SSSR count). The second-order valence-electron chi connectivity index (χ2n) is 6.61. The van der Waals surface area contributed by atoms with E-state index in [1.807, 2.05) is 0 Å². The van der Waals surface area contributed by atoms with Crippen molar-refractivity contribution in [3.05, 3.63) is 93.3 Å². The molecule has 0 saturated heterocycles. The maximum atomic E-state index is 14.2. The van der Waals surface area contributed by atoms with Gasteiger partial charge in [-0.15, -0.1) is 0 Å². The monoisotopic (exact) mass is 422 g/mol. The molecule has 0 aromatic heterocycles. The van der Waals surface area contributed by atoms with Gasteiger partial charge >= 0.3 is 0 Å². The molecule has 1 N–H and O–H groups in total. The molecule has 0 saturated carbocycles. The molecule has 1 heterocycles. The second kappa shape index (κ2) is 8.23. The number of benzene rings is 3. The summed E-state index contributed by atoms with van der Waals surface area (Å²) in [5.74, 6) is -1.45. The van der Waals surface area contributed by atoms with Gasteiger partial charge in [0.25, 0.3) is 11.6 Å². The van der Waals surface area contributed by atoms with E-state index >= 15 is 0 Å². The first-order valence-electron chi connectivity index (χ1n) is 9.23. The third-order valence-electron chi connectivity index (χ3n) is 4.61. The number of halogens is 1. The summed E-state index contributed by atoms with van der Waals surface area (Å²) in [5, 5.41) is 13.6. The molecule has 8 nitrogen and oxygen atoms in total. The number of nitro benzene ring substituents is 1. The minimum atomic E-state index is -0.710. The average Bonchev–Trinajstić information content (AvgIpc) is 2.78. The third kappa shape index (κ3) is 4.06. The summed E-state index contributed by atoms with van der Waals surface area (Å²) in [7, 11) is 0. The van der Waals surface area contributed by atoms with E-state index in [-0.39, 0.29) is 41.3 Å². The lowest BCUT2D eigenvalue weighted by Crippen LogP contribution is -2.19. The fourth-order valence-corrected chi connectivity index (χ4v) is 3.13. The molecule has 1 aliphatic rings. The summed E-state index contributed by atoms with van der Waals surface area (Å²) in [6, 6.07) is 13.4. The van der Waals surface area contributed by atoms with E-state index < -0.39 is 22.4 Å². The number of hydrogen-bond acceptors (Lipinski definition) is 6. The molecule has 0 aliphatic carbocycles. The number of non-ortho nitro benzene ring substituents is 1. The first kappa shape index (κ1) is 20.0. The molecule has 0 atom stereocenters. The van der Waals surface area contributed by atoms with Crippen molar-refractivity contribution in [3.63, 3.8) is 0 Å². The summed E-state index contributed by atoms with van der Waals surface area (Å²) >= 11 is 0. The van der Waals surface area contributed by atoms with E-state index in [0.717, 1.165) is 12.1 Å². The number of hydrogen-bond donors (Lipinski definition) is 1. The van der Waals surface area contributed by atoms with Crippen LogP contribution in [0, 0.1) is 15.9 Å². The highest BCUT2D eigenvalue weighted by molar-refractivity contribution is 6.16. The quantitative estimate of drug-likeness (QED) is 0.378. The van der Waals surface area contributed by atoms with E-state index in [1.54, 1.807) is 0 Å². The van der Waals surface area contributed by atoms with Gasteiger partial charge in [-0.05, 0) is 24.3 Å². The topological polar surface area (TPSA) is 108 Å². The van der Waals surface area contributed by atoms with E-state index in [1.165, 1.54) is 48.5 Å². The highest BCUT2D eigenvalue weighted by Gasteiger charge is 2.24. The van der Waals surface area contributed by atoms with Crippen molar-refractivity contribution in [2.24, 2.45) is 0 Å². The Morgan fingerprint density at radius 3 is 2.35 bits per heavy atom. The lowest BCUT2D eigenvalue weighted by Gasteiger charge is -2.21. The molecule has 3 aromatic rings. The van der Waals surface area contributed by atoms with Gasteiger partial charge in [0, 0.05) is 23.8 Å². The number of amides is 1. The Hall–Kier alpha value is -4.27. The molecule has 3 aromatic carbocycles. The number of ether oxygens (including phenoxy) is 2. The molecular weight excluding hydrogens is 407 g/mol. The van der Waals surface area contributed by atoms with Gasteiger partial charge in [-0.25, -0.2) is 4.39 Å². The number of nitrogens with one attached hydrogen (secondary N) is 1. The predicted molar refractivity (Wildman–Crippen MR) is 108 cm³/mol. The van der Waals surface area contributed by atoms with Gasteiger partial charge in [0.15, 0.2) is 17.3 Å². The number of anilines is 1. The highest BCUT2D eigenvalue weighted by Crippen LogP contribution is 2.37. The molecule has 0 radical (unpaired) electrons. The van der Waals surface area contributed by atoms with Crippen LogP contribution in [-0.2, 0) is 0 Å². The Kier molecular flexibility index (Phi) is 5.31. The van der Waals surface area contributed by atoms with Gasteiger partial charge in [-0.3, -0.25) is 19.7 Å². The minimum Gasteiger partial charge on any atom is -0.486 e. The van der Waals surface area contributed by atoms with Crippen molar-refractivity contribution in [1.29, 1.82) is 0 Å². The predicted octanol–water partition coefficient (Wildman–Crippen LogP) is 3.99. The van der Waals surface area contributed by atoms with Crippen molar-refractivity contribution < 1.29 is 28.4 Å². The van der Waals surface area contributed by atoms with Crippen LogP contribution in [0.1, 0.15) is 26.3 Å². The second-order valence-corrected chi connectivity index (χ2v) is 6.61. The molecule has 156 valence electrons. The van der Waals surface area contributed by atoms with E-state index in [2.05, 4.69) is 5.32 Å². The van der Waals surface area contributed by atoms with E-state index in [4.69, 9.17) is 9.47 Å². The zero-order chi connectivity index (χ0) is 22.0. The Balaban J connectivity index is 1.75. The summed E-state index contributed by atoms with van der Waals surface area (Å²) in [5.41, 5.74) is -0.349. The first-order valence-corrected chi connectivity index (χ1v) is 9.23. The van der Waals surface area contributed by atoms with Crippen LogP contribution in [0.2, 0.25) is 0 Å². The summed E-state index contributed by atoms with van der Waals surface area (Å²) < 4.78 is 25.2. The molecular formula is C22H15FN2O6. The van der Waals surface area contributed by atoms with E-state index in [9.17, 15) is 24.1 Å². The molecule has 9 heteroatoms. The number of nitro groups is 1. The number of fused-ring (bicyclic) bond motifs is 1. The zero-order valence-corrected chi connectivity index (χ0v) is 16.0. The van der Waals surface area contributed by atoms with Crippen LogP contribution in [0.15, 0.2) is 60.7 Å². The SMILES string of the molecule is O=C(Nc1cc2c(cc1C(=O)c1ccccc1F)OCCO2)c1cccc([N+](=O)[O-])c1. The van der Waals surface area contributed by atoms with Gasteiger partial charge in [0.05, 0.1) is 21.7 Å². The lowest BCUT2D eigenvalue weighted by atomic mass is 10.00. The third-order valence-corrected chi connectivity index (χ3v) is 4.61. The van der Waals surface area contributed by atoms with Gasteiger partial charge < -0.3 is 14.8 Å². The Morgan fingerprint density at radius 2 is 1.65 bits per heavy atom. The van der Waals surface area contributed by atoms with Crippen LogP contribution >= 0.6 is 0 Å². The minimum absolute atomic E-state index is 0.00636. The fourth-order valence-electron chi connectivity index (χ4n) is 3.13. The van der Waals surface area contributed by atoms with E-state index in [0.29, 0.717) is 11.5 Å². The standard InChI is InChI=1S/C22H15FN2O6/c23-17-7-2-1-6-15(17)21(26)16-11-19-20(31-9-8-30-19)12-18(16)24-22(27)13-4-3-5-14(10-13)25(28)29/h1-7,10-12H,8-9H2,(H,24,27). The first-order chi connectivity index (χ1) is 14.9. The Morgan fingerprint density at radius 1 is 0.935 bits per heavy atom. The molecule has 1 aliphatic heterocycles. The van der Waals surface area contributed by atoms with Crippen molar-refractivity contribution in [2.45, 2.75) is 0 Å². The summed E-state index contributed by atoms with van der Waals surface area (Å²) in [6.45, 7) is 0.561. The Labute approximate surface area is 175 Å². The Bertz CT molecular complexity index is 1210. The van der Waals surface area contributed by atoms with Gasteiger partial charge in [-0.2, -0.15) is 0 Å². The van der Waals surface area contributed by atoms with Crippen molar-refractivity contribution >= 4 is 23.1 Å². The number of rotatable bonds is 5. The molecule has 0 bridgehead atoms. The van der Waals surface area contributed by atoms with Crippen molar-refractivity contribution in [1.82, 2.24) is 0 Å². The van der Waals surface area contributed by atoms with Crippen LogP contribution in [0.3, 0.4) is 0 Å². The summed E-state index contributed by atoms with van der Waals surface area (Å²) in [4.78, 5) is 36.2. The number of nitrogens with zero attached hydrogens (tertiary/aromatic N) is 1. The van der Waals surface area contributed by atoms with Crippen LogP contribution in [0.4, 0.5) is 15.8 Å². The molecule has 0 fully saturated rings. The van der Waals surface area contributed by atoms with Crippen LogP contribution in [0.25, 0.3) is 0 Å². The van der Waals surface area contributed by atoms with Crippen molar-refractivity contribution in [3.8, 4) is 11.5 Å². The molecule has 0 unspecified atom stereocenters. The van der Waals surface area contributed by atoms with Crippen LogP contribution in [-0.4, -0.2) is 29.8 Å². The van der Waals surface area contributed by atoms with Crippen LogP contribution in [0.5, 0.6) is 11.5 Å². The van der Waals surface area contributed by atoms with Gasteiger partial charge in [0.1, 0.15) is 19.0 Å². The smallest absolute Gasteiger partial charge is 0.270 e. The van der Waals surface area contributed by atoms with Gasteiger partial charge in [-0.1, -0.05) is 18.2 Å². The highest BCUT2D eigenvalue weighted by atomic mass is 19.1. The summed E-state index contributed by atoms with van der Waals surface area (Å²) in [6.07, 6.45) is 0. The largest absolute Gasteiger partial charge is 0.486 e. The number of carbonyl (C=O) groups is 2. The number of carbonyl (C=O) groups excluding carboxylic acids is 2. The van der Waals surface area contributed by atoms with Crippen LogP contribution < -0.4 is 14.8 Å². The maximum absolute atomic E-state index is 14.2. The molecule has 1 amide bonds. The molecule has 0 spiro atoms. The zero-order valence-electron chi connectivity index (χ0n) is 16.0. The normalized spacial score (nSPS) is 12.2. The number of ketones is 1. The van der Waals surface area contributed by atoms with Crippen molar-refractivity contribution in [2.75, 3.05) is 18.5 Å². The fraction of sp³-hybridized carbons (Fsp3) is 0.0909.